The summed E-state index contributed by atoms with van der Waals surface area (Å²) in [5.41, 5.74) is 1.66. The molecular weight excluding hydrogens is 322 g/mol. The summed E-state index contributed by atoms with van der Waals surface area (Å²) < 4.78 is 1.26. The first-order valence-corrected chi connectivity index (χ1v) is 9.22. The molecule has 1 aliphatic rings. The standard InChI is InChI=1S/C19H30BrN/c1-19(2,3)21-14-16(12-15-8-4-5-9-15)13-17-10-6-7-11-18(17)20/h6-7,10-11,15-16,21H,4-5,8-9,12-14H2,1-3H3. The van der Waals surface area contributed by atoms with E-state index < -0.39 is 0 Å². The number of rotatable bonds is 6. The molecule has 0 aromatic heterocycles. The molecule has 2 rings (SSSR count). The molecule has 1 atom stereocenters. The van der Waals surface area contributed by atoms with Gasteiger partial charge in [0.2, 0.25) is 0 Å². The SMILES string of the molecule is CC(C)(C)NCC(Cc1ccccc1Br)CC1CCCC1. The second kappa shape index (κ2) is 7.78. The highest BCUT2D eigenvalue weighted by Crippen LogP contribution is 2.32. The van der Waals surface area contributed by atoms with Crippen LogP contribution in [0.25, 0.3) is 0 Å². The van der Waals surface area contributed by atoms with Crippen molar-refractivity contribution >= 4 is 15.9 Å². The quantitative estimate of drug-likeness (QED) is 0.705. The molecule has 0 radical (unpaired) electrons. The maximum atomic E-state index is 3.72. The Morgan fingerprint density at radius 1 is 1.19 bits per heavy atom. The van der Waals surface area contributed by atoms with E-state index in [0.29, 0.717) is 0 Å². The van der Waals surface area contributed by atoms with Crippen LogP contribution in [-0.4, -0.2) is 12.1 Å². The zero-order valence-corrected chi connectivity index (χ0v) is 15.4. The van der Waals surface area contributed by atoms with Gasteiger partial charge in [0.1, 0.15) is 0 Å². The van der Waals surface area contributed by atoms with Crippen molar-refractivity contribution in [2.45, 2.75) is 64.8 Å². The van der Waals surface area contributed by atoms with E-state index in [0.717, 1.165) is 18.4 Å². The van der Waals surface area contributed by atoms with Crippen molar-refractivity contribution in [1.29, 1.82) is 0 Å². The van der Waals surface area contributed by atoms with Crippen LogP contribution in [0.3, 0.4) is 0 Å². The number of hydrogen-bond acceptors (Lipinski definition) is 1. The smallest absolute Gasteiger partial charge is 0.0207 e. The average Bonchev–Trinajstić information content (AvgIpc) is 2.90. The third kappa shape index (κ3) is 6.12. The van der Waals surface area contributed by atoms with E-state index in [1.165, 1.54) is 48.6 Å². The predicted octanol–water partition coefficient (Wildman–Crippen LogP) is 5.58. The van der Waals surface area contributed by atoms with E-state index in [-0.39, 0.29) is 5.54 Å². The summed E-state index contributed by atoms with van der Waals surface area (Å²) in [6, 6.07) is 8.69. The molecule has 0 amide bonds. The molecule has 1 unspecified atom stereocenters. The van der Waals surface area contributed by atoms with Crippen LogP contribution < -0.4 is 5.32 Å². The van der Waals surface area contributed by atoms with E-state index in [1.807, 2.05) is 0 Å². The zero-order chi connectivity index (χ0) is 15.3. The predicted molar refractivity (Wildman–Crippen MR) is 95.7 cm³/mol. The molecule has 0 bridgehead atoms. The first-order valence-electron chi connectivity index (χ1n) is 8.42. The molecule has 1 aliphatic carbocycles. The highest BCUT2D eigenvalue weighted by molar-refractivity contribution is 9.10. The van der Waals surface area contributed by atoms with Gasteiger partial charge in [0.05, 0.1) is 0 Å². The van der Waals surface area contributed by atoms with E-state index in [9.17, 15) is 0 Å². The number of nitrogens with one attached hydrogen (secondary N) is 1. The lowest BCUT2D eigenvalue weighted by molar-refractivity contribution is 0.316. The van der Waals surface area contributed by atoms with Crippen LogP contribution in [0.2, 0.25) is 0 Å². The van der Waals surface area contributed by atoms with E-state index in [1.54, 1.807) is 0 Å². The van der Waals surface area contributed by atoms with Gasteiger partial charge >= 0.3 is 0 Å². The average molecular weight is 352 g/mol. The molecule has 0 spiro atoms. The van der Waals surface area contributed by atoms with Crippen molar-refractivity contribution < 1.29 is 0 Å². The third-order valence-electron chi connectivity index (χ3n) is 4.53. The second-order valence-electron chi connectivity index (χ2n) is 7.68. The molecule has 1 fully saturated rings. The molecule has 1 nitrogen and oxygen atoms in total. The molecule has 1 aromatic rings. The lowest BCUT2D eigenvalue weighted by Gasteiger charge is -2.27. The fourth-order valence-corrected chi connectivity index (χ4v) is 3.83. The summed E-state index contributed by atoms with van der Waals surface area (Å²) in [5.74, 6) is 1.70. The van der Waals surface area contributed by atoms with Gasteiger partial charge in [-0.3, -0.25) is 0 Å². The molecule has 0 saturated heterocycles. The molecule has 0 aliphatic heterocycles. The van der Waals surface area contributed by atoms with E-state index >= 15 is 0 Å². The largest absolute Gasteiger partial charge is 0.312 e. The van der Waals surface area contributed by atoms with Crippen LogP contribution in [-0.2, 0) is 6.42 Å². The molecule has 118 valence electrons. The minimum atomic E-state index is 0.210. The van der Waals surface area contributed by atoms with Gasteiger partial charge in [0, 0.05) is 10.0 Å². The van der Waals surface area contributed by atoms with Gasteiger partial charge in [-0.1, -0.05) is 59.8 Å². The molecule has 1 saturated carbocycles. The first kappa shape index (κ1) is 17.0. The van der Waals surface area contributed by atoms with Crippen molar-refractivity contribution in [2.75, 3.05) is 6.54 Å². The summed E-state index contributed by atoms with van der Waals surface area (Å²) in [4.78, 5) is 0. The Morgan fingerprint density at radius 2 is 1.86 bits per heavy atom. The summed E-state index contributed by atoms with van der Waals surface area (Å²) in [6.07, 6.45) is 8.34. The van der Waals surface area contributed by atoms with Gasteiger partial charge in [-0.05, 0) is 63.6 Å². The monoisotopic (exact) mass is 351 g/mol. The molecule has 21 heavy (non-hydrogen) atoms. The fraction of sp³-hybridized carbons (Fsp3) is 0.684. The second-order valence-corrected chi connectivity index (χ2v) is 8.53. The number of hydrogen-bond donors (Lipinski definition) is 1. The Labute approximate surface area is 139 Å². The van der Waals surface area contributed by atoms with Crippen LogP contribution in [0.5, 0.6) is 0 Å². The zero-order valence-electron chi connectivity index (χ0n) is 13.8. The Kier molecular flexibility index (Phi) is 6.31. The lowest BCUT2D eigenvalue weighted by atomic mass is 9.88. The van der Waals surface area contributed by atoms with E-state index in [4.69, 9.17) is 0 Å². The highest BCUT2D eigenvalue weighted by atomic mass is 79.9. The molecule has 0 heterocycles. The molecular formula is C19H30BrN. The molecule has 1 aromatic carbocycles. The maximum Gasteiger partial charge on any atom is 0.0207 e. The Balaban J connectivity index is 1.98. The van der Waals surface area contributed by atoms with Crippen LogP contribution in [0, 0.1) is 11.8 Å². The van der Waals surface area contributed by atoms with Crippen LogP contribution in [0.4, 0.5) is 0 Å². The maximum absolute atomic E-state index is 3.72. The van der Waals surface area contributed by atoms with Gasteiger partial charge in [-0.2, -0.15) is 0 Å². The molecule has 1 N–H and O–H groups in total. The third-order valence-corrected chi connectivity index (χ3v) is 5.30. The van der Waals surface area contributed by atoms with E-state index in [2.05, 4.69) is 66.3 Å². The first-order chi connectivity index (χ1) is 9.94. The highest BCUT2D eigenvalue weighted by Gasteiger charge is 2.22. The summed E-state index contributed by atoms with van der Waals surface area (Å²) in [7, 11) is 0. The van der Waals surface area contributed by atoms with Gasteiger partial charge in [-0.15, -0.1) is 0 Å². The normalized spacial score (nSPS) is 18.1. The number of halogens is 1. The minimum Gasteiger partial charge on any atom is -0.312 e. The number of benzene rings is 1. The Morgan fingerprint density at radius 3 is 2.48 bits per heavy atom. The summed E-state index contributed by atoms with van der Waals surface area (Å²) in [6.45, 7) is 7.91. The molecule has 2 heteroatoms. The van der Waals surface area contributed by atoms with Crippen molar-refractivity contribution in [1.82, 2.24) is 5.32 Å². The van der Waals surface area contributed by atoms with Crippen LogP contribution in [0.1, 0.15) is 58.4 Å². The van der Waals surface area contributed by atoms with Crippen LogP contribution >= 0.6 is 15.9 Å². The minimum absolute atomic E-state index is 0.210. The van der Waals surface area contributed by atoms with Gasteiger partial charge in [0.15, 0.2) is 0 Å². The Hall–Kier alpha value is -0.340. The lowest BCUT2D eigenvalue weighted by Crippen LogP contribution is -2.40. The topological polar surface area (TPSA) is 12.0 Å². The van der Waals surface area contributed by atoms with Crippen molar-refractivity contribution in [3.05, 3.63) is 34.3 Å². The van der Waals surface area contributed by atoms with Crippen molar-refractivity contribution in [3.63, 3.8) is 0 Å². The Bertz CT molecular complexity index is 429. The summed E-state index contributed by atoms with van der Waals surface area (Å²) in [5, 5.41) is 3.72. The van der Waals surface area contributed by atoms with Gasteiger partial charge in [-0.25, -0.2) is 0 Å². The van der Waals surface area contributed by atoms with Crippen LogP contribution in [0.15, 0.2) is 28.7 Å². The van der Waals surface area contributed by atoms with Gasteiger partial charge in [0.25, 0.3) is 0 Å². The van der Waals surface area contributed by atoms with Crippen molar-refractivity contribution in [3.8, 4) is 0 Å². The fourth-order valence-electron chi connectivity index (χ4n) is 3.38. The summed E-state index contributed by atoms with van der Waals surface area (Å²) >= 11 is 3.71. The van der Waals surface area contributed by atoms with Gasteiger partial charge < -0.3 is 5.32 Å². The van der Waals surface area contributed by atoms with Crippen molar-refractivity contribution in [2.24, 2.45) is 11.8 Å².